The van der Waals surface area contributed by atoms with Gasteiger partial charge in [0.2, 0.25) is 5.88 Å². The first-order valence-electron chi connectivity index (χ1n) is 9.38. The van der Waals surface area contributed by atoms with Crippen molar-refractivity contribution in [2.24, 2.45) is 24.8 Å². The van der Waals surface area contributed by atoms with Crippen LogP contribution in [0.2, 0.25) is 0 Å². The van der Waals surface area contributed by atoms with Crippen LogP contribution in [0.1, 0.15) is 48.9 Å². The summed E-state index contributed by atoms with van der Waals surface area (Å²) in [4.78, 5) is 13.0. The average molecular weight is 339 g/mol. The molecule has 1 amide bonds. The number of aryl methyl sites for hydroxylation is 1. The van der Waals surface area contributed by atoms with E-state index in [2.05, 4.69) is 10.4 Å². The van der Waals surface area contributed by atoms with Crippen LogP contribution in [-0.2, 0) is 7.05 Å². The molecule has 0 atom stereocenters. The zero-order valence-corrected chi connectivity index (χ0v) is 14.9. The van der Waals surface area contributed by atoms with Crippen molar-refractivity contribution in [1.29, 1.82) is 0 Å². The number of carbonyl (C=O) groups is 1. The van der Waals surface area contributed by atoms with Crippen LogP contribution in [0, 0.1) is 17.8 Å². The van der Waals surface area contributed by atoms with E-state index in [0.29, 0.717) is 5.56 Å². The number of aromatic nitrogens is 2. The molecule has 4 aliphatic rings. The maximum absolute atomic E-state index is 13.0. The summed E-state index contributed by atoms with van der Waals surface area (Å²) in [6.07, 6.45) is 7.66. The van der Waals surface area contributed by atoms with Crippen molar-refractivity contribution < 1.29 is 9.53 Å². The zero-order chi connectivity index (χ0) is 17.2. The predicted molar refractivity (Wildman–Crippen MR) is 95.6 cm³/mol. The minimum absolute atomic E-state index is 0.0442. The molecule has 1 N–H and O–H groups in total. The number of carbonyl (C=O) groups excluding carboxylic acids is 1. The van der Waals surface area contributed by atoms with Crippen LogP contribution >= 0.6 is 0 Å². The lowest BCUT2D eigenvalue weighted by Gasteiger charge is -2.56. The van der Waals surface area contributed by atoms with Gasteiger partial charge in [0.1, 0.15) is 0 Å². The molecule has 1 heterocycles. The van der Waals surface area contributed by atoms with Crippen molar-refractivity contribution in [3.05, 3.63) is 23.8 Å². The molecule has 4 saturated carbocycles. The lowest BCUT2D eigenvalue weighted by atomic mass is 9.53. The minimum atomic E-state index is 0.0442. The molecule has 0 saturated heterocycles. The molecule has 5 heteroatoms. The van der Waals surface area contributed by atoms with E-state index in [1.807, 2.05) is 25.2 Å². The molecule has 1 aromatic heterocycles. The van der Waals surface area contributed by atoms with E-state index in [1.54, 1.807) is 11.8 Å². The van der Waals surface area contributed by atoms with Gasteiger partial charge in [-0.25, -0.2) is 4.68 Å². The van der Waals surface area contributed by atoms with Gasteiger partial charge in [-0.3, -0.25) is 4.79 Å². The Balaban J connectivity index is 1.42. The summed E-state index contributed by atoms with van der Waals surface area (Å²) in [5.41, 5.74) is 1.55. The number of nitrogens with zero attached hydrogens (tertiary/aromatic N) is 2. The zero-order valence-electron chi connectivity index (χ0n) is 14.9. The van der Waals surface area contributed by atoms with Crippen molar-refractivity contribution in [3.63, 3.8) is 0 Å². The largest absolute Gasteiger partial charge is 0.481 e. The van der Waals surface area contributed by atoms with Crippen LogP contribution in [0.3, 0.4) is 0 Å². The third-order valence-electron chi connectivity index (χ3n) is 6.65. The fourth-order valence-electron chi connectivity index (χ4n) is 6.14. The van der Waals surface area contributed by atoms with Crippen LogP contribution in [-0.4, -0.2) is 28.3 Å². The normalized spacial score (nSPS) is 33.0. The Morgan fingerprint density at radius 1 is 1.20 bits per heavy atom. The second-order valence-corrected chi connectivity index (χ2v) is 8.52. The molecule has 4 fully saturated rings. The Morgan fingerprint density at radius 2 is 1.84 bits per heavy atom. The quantitative estimate of drug-likeness (QED) is 0.934. The molecule has 5 nitrogen and oxygen atoms in total. The molecule has 0 radical (unpaired) electrons. The van der Waals surface area contributed by atoms with Crippen LogP contribution < -0.4 is 10.1 Å². The number of nitrogens with one attached hydrogen (secondary N) is 1. The van der Waals surface area contributed by atoms with Gasteiger partial charge in [0.25, 0.3) is 5.91 Å². The van der Waals surface area contributed by atoms with E-state index in [-0.39, 0.29) is 11.4 Å². The second kappa shape index (κ2) is 5.23. The Kier molecular flexibility index (Phi) is 3.19. The SMILES string of the molecule is COc1c2ccc(C(=O)NC34CC5CC(CC(C5)C3)C4)cc2nn1C. The first-order chi connectivity index (χ1) is 12.0. The molecule has 6 rings (SSSR count). The highest BCUT2D eigenvalue weighted by Crippen LogP contribution is 2.55. The molecule has 0 spiro atoms. The van der Waals surface area contributed by atoms with Gasteiger partial charge < -0.3 is 10.1 Å². The van der Waals surface area contributed by atoms with Crippen molar-refractivity contribution in [2.75, 3.05) is 7.11 Å². The maximum Gasteiger partial charge on any atom is 0.251 e. The van der Waals surface area contributed by atoms with Crippen molar-refractivity contribution in [2.45, 2.75) is 44.1 Å². The fourth-order valence-corrected chi connectivity index (χ4v) is 6.14. The van der Waals surface area contributed by atoms with Gasteiger partial charge in [0.05, 0.1) is 18.0 Å². The van der Waals surface area contributed by atoms with Crippen LogP contribution in [0.4, 0.5) is 0 Å². The average Bonchev–Trinajstić information content (AvgIpc) is 2.87. The highest BCUT2D eigenvalue weighted by atomic mass is 16.5. The third-order valence-corrected chi connectivity index (χ3v) is 6.65. The van der Waals surface area contributed by atoms with Gasteiger partial charge in [-0.2, -0.15) is 5.10 Å². The summed E-state index contributed by atoms with van der Waals surface area (Å²) in [5, 5.41) is 8.84. The Labute approximate surface area is 147 Å². The fraction of sp³-hybridized carbons (Fsp3) is 0.600. The molecule has 4 bridgehead atoms. The molecule has 1 aromatic carbocycles. The molecule has 132 valence electrons. The van der Waals surface area contributed by atoms with E-state index < -0.39 is 0 Å². The lowest BCUT2D eigenvalue weighted by molar-refractivity contribution is -0.0167. The number of hydrogen-bond acceptors (Lipinski definition) is 3. The monoisotopic (exact) mass is 339 g/mol. The van der Waals surface area contributed by atoms with E-state index in [0.717, 1.165) is 34.5 Å². The molecular formula is C20H25N3O2. The Morgan fingerprint density at radius 3 is 2.44 bits per heavy atom. The number of hydrogen-bond donors (Lipinski definition) is 1. The van der Waals surface area contributed by atoms with Gasteiger partial charge in [0, 0.05) is 18.2 Å². The summed E-state index contributed by atoms with van der Waals surface area (Å²) in [6, 6.07) is 5.71. The van der Waals surface area contributed by atoms with E-state index >= 15 is 0 Å². The van der Waals surface area contributed by atoms with E-state index in [4.69, 9.17) is 4.74 Å². The second-order valence-electron chi connectivity index (χ2n) is 8.52. The summed E-state index contributed by atoms with van der Waals surface area (Å²) in [6.45, 7) is 0. The van der Waals surface area contributed by atoms with Gasteiger partial charge in [-0.05, 0) is 74.5 Å². The standard InChI is InChI=1S/C20H25N3O2/c1-23-19(25-2)16-4-3-15(8-17(16)22-23)18(24)21-20-9-12-5-13(10-20)7-14(6-12)11-20/h3-4,8,12-14H,5-7,9-11H2,1-2H3,(H,21,24). The van der Waals surface area contributed by atoms with Crippen molar-refractivity contribution in [1.82, 2.24) is 15.1 Å². The Hall–Kier alpha value is -2.04. The molecule has 2 aromatic rings. The third kappa shape index (κ3) is 2.35. The minimum Gasteiger partial charge on any atom is -0.481 e. The van der Waals surface area contributed by atoms with Crippen molar-refractivity contribution in [3.8, 4) is 5.88 Å². The highest BCUT2D eigenvalue weighted by molar-refractivity contribution is 5.99. The van der Waals surface area contributed by atoms with Crippen LogP contribution in [0.15, 0.2) is 18.2 Å². The number of fused-ring (bicyclic) bond motifs is 1. The summed E-state index contributed by atoms with van der Waals surface area (Å²) < 4.78 is 7.10. The molecule has 25 heavy (non-hydrogen) atoms. The molecular weight excluding hydrogens is 314 g/mol. The smallest absolute Gasteiger partial charge is 0.251 e. The van der Waals surface area contributed by atoms with Gasteiger partial charge in [-0.15, -0.1) is 0 Å². The number of methoxy groups -OCH3 is 1. The number of rotatable bonds is 3. The molecule has 4 aliphatic carbocycles. The first-order valence-corrected chi connectivity index (χ1v) is 9.38. The van der Waals surface area contributed by atoms with Crippen LogP contribution in [0.5, 0.6) is 5.88 Å². The summed E-state index contributed by atoms with van der Waals surface area (Å²) in [7, 11) is 3.50. The maximum atomic E-state index is 13.0. The molecule has 0 unspecified atom stereocenters. The summed E-state index contributed by atoms with van der Waals surface area (Å²) in [5.74, 6) is 3.26. The highest BCUT2D eigenvalue weighted by Gasteiger charge is 2.51. The predicted octanol–water partition coefficient (Wildman–Crippen LogP) is 3.28. The van der Waals surface area contributed by atoms with Gasteiger partial charge in [0.15, 0.2) is 0 Å². The molecule has 0 aliphatic heterocycles. The summed E-state index contributed by atoms with van der Waals surface area (Å²) >= 11 is 0. The van der Waals surface area contributed by atoms with E-state index in [1.165, 1.54) is 38.5 Å². The number of benzene rings is 1. The van der Waals surface area contributed by atoms with Crippen LogP contribution in [0.25, 0.3) is 10.9 Å². The van der Waals surface area contributed by atoms with Gasteiger partial charge in [-0.1, -0.05) is 0 Å². The lowest BCUT2D eigenvalue weighted by Crippen LogP contribution is -2.59. The number of ether oxygens (including phenoxy) is 1. The van der Waals surface area contributed by atoms with E-state index in [9.17, 15) is 4.79 Å². The number of amides is 1. The first kappa shape index (κ1) is 15.2. The Bertz CT molecular complexity index is 819. The van der Waals surface area contributed by atoms with Crippen molar-refractivity contribution >= 4 is 16.8 Å². The topological polar surface area (TPSA) is 56.1 Å². The van der Waals surface area contributed by atoms with Gasteiger partial charge >= 0.3 is 0 Å².